The first-order valence-corrected chi connectivity index (χ1v) is 5.33. The van der Waals surface area contributed by atoms with E-state index < -0.39 is 0 Å². The zero-order valence-corrected chi connectivity index (χ0v) is 10.1. The molecule has 0 spiro atoms. The van der Waals surface area contributed by atoms with Crippen LogP contribution in [0.4, 0.5) is 0 Å². The topological polar surface area (TPSA) is 35.2 Å². The molecule has 0 aromatic heterocycles. The van der Waals surface area contributed by atoms with Gasteiger partial charge in [-0.15, -0.1) is 0 Å². The van der Waals surface area contributed by atoms with E-state index in [1.165, 1.54) is 11.1 Å². The van der Waals surface area contributed by atoms with Crippen molar-refractivity contribution in [2.24, 2.45) is 5.73 Å². The quantitative estimate of drug-likeness (QED) is 0.823. The molecule has 0 bridgehead atoms. The number of benzene rings is 1. The second kappa shape index (κ2) is 4.77. The van der Waals surface area contributed by atoms with Crippen LogP contribution in [0.5, 0.6) is 0 Å². The number of methoxy groups -OCH3 is 1. The molecule has 0 aliphatic heterocycles. The van der Waals surface area contributed by atoms with Gasteiger partial charge in [0.25, 0.3) is 0 Å². The minimum absolute atomic E-state index is 0.0129. The summed E-state index contributed by atoms with van der Waals surface area (Å²) >= 11 is 0. The Kier molecular flexibility index (Phi) is 3.89. The third-order valence-corrected chi connectivity index (χ3v) is 2.69. The third kappa shape index (κ3) is 2.80. The summed E-state index contributed by atoms with van der Waals surface area (Å²) in [6, 6.07) is 8.39. The van der Waals surface area contributed by atoms with Crippen LogP contribution in [-0.2, 0) is 10.2 Å². The molecule has 0 fully saturated rings. The molecule has 0 saturated carbocycles. The minimum Gasteiger partial charge on any atom is -0.384 e. The SMILES string of the molecule is COCC(C)(C)c1ccccc1C(C)N. The van der Waals surface area contributed by atoms with Crippen molar-refractivity contribution < 1.29 is 4.74 Å². The van der Waals surface area contributed by atoms with Gasteiger partial charge in [0.1, 0.15) is 0 Å². The molecule has 15 heavy (non-hydrogen) atoms. The van der Waals surface area contributed by atoms with Gasteiger partial charge in [0.2, 0.25) is 0 Å². The van der Waals surface area contributed by atoms with E-state index in [1.807, 2.05) is 13.0 Å². The molecule has 0 radical (unpaired) electrons. The highest BCUT2D eigenvalue weighted by atomic mass is 16.5. The molecule has 2 heteroatoms. The van der Waals surface area contributed by atoms with Gasteiger partial charge in [-0.25, -0.2) is 0 Å². The fourth-order valence-corrected chi connectivity index (χ4v) is 1.95. The number of ether oxygens (including phenoxy) is 1. The van der Waals surface area contributed by atoms with Crippen LogP contribution in [0.15, 0.2) is 24.3 Å². The van der Waals surface area contributed by atoms with Gasteiger partial charge in [-0.3, -0.25) is 0 Å². The minimum atomic E-state index is 0.0129. The zero-order valence-electron chi connectivity index (χ0n) is 10.1. The van der Waals surface area contributed by atoms with Crippen molar-refractivity contribution in [3.05, 3.63) is 35.4 Å². The largest absolute Gasteiger partial charge is 0.384 e. The molecule has 2 N–H and O–H groups in total. The summed E-state index contributed by atoms with van der Waals surface area (Å²) in [5, 5.41) is 0. The first kappa shape index (κ1) is 12.2. The Bertz CT molecular complexity index is 318. The van der Waals surface area contributed by atoms with Gasteiger partial charge in [0, 0.05) is 18.6 Å². The van der Waals surface area contributed by atoms with Crippen LogP contribution in [0.2, 0.25) is 0 Å². The summed E-state index contributed by atoms with van der Waals surface area (Å²) in [5.74, 6) is 0. The Morgan fingerprint density at radius 1 is 1.33 bits per heavy atom. The van der Waals surface area contributed by atoms with Crippen LogP contribution in [0.3, 0.4) is 0 Å². The normalized spacial score (nSPS) is 13.9. The summed E-state index contributed by atoms with van der Waals surface area (Å²) in [6.45, 7) is 7.08. The van der Waals surface area contributed by atoms with E-state index in [4.69, 9.17) is 10.5 Å². The highest BCUT2D eigenvalue weighted by Gasteiger charge is 2.24. The maximum absolute atomic E-state index is 5.97. The Morgan fingerprint density at radius 2 is 1.93 bits per heavy atom. The molecule has 1 atom stereocenters. The van der Waals surface area contributed by atoms with Crippen LogP contribution in [-0.4, -0.2) is 13.7 Å². The van der Waals surface area contributed by atoms with Gasteiger partial charge in [0.15, 0.2) is 0 Å². The average Bonchev–Trinajstić information content (AvgIpc) is 2.17. The summed E-state index contributed by atoms with van der Waals surface area (Å²) < 4.78 is 5.25. The van der Waals surface area contributed by atoms with Crippen molar-refractivity contribution in [2.75, 3.05) is 13.7 Å². The number of hydrogen-bond acceptors (Lipinski definition) is 2. The number of rotatable bonds is 4. The summed E-state index contributed by atoms with van der Waals surface area (Å²) in [7, 11) is 1.73. The maximum atomic E-state index is 5.97. The van der Waals surface area contributed by atoms with E-state index in [0.29, 0.717) is 6.61 Å². The van der Waals surface area contributed by atoms with E-state index in [-0.39, 0.29) is 11.5 Å². The fraction of sp³-hybridized carbons (Fsp3) is 0.538. The lowest BCUT2D eigenvalue weighted by atomic mass is 9.81. The Hall–Kier alpha value is -0.860. The van der Waals surface area contributed by atoms with Gasteiger partial charge in [-0.2, -0.15) is 0 Å². The summed E-state index contributed by atoms with van der Waals surface area (Å²) in [4.78, 5) is 0. The second-order valence-corrected chi connectivity index (χ2v) is 4.69. The average molecular weight is 207 g/mol. The summed E-state index contributed by atoms with van der Waals surface area (Å²) in [5.41, 5.74) is 8.47. The van der Waals surface area contributed by atoms with Crippen molar-refractivity contribution in [1.82, 2.24) is 0 Å². The molecule has 1 unspecified atom stereocenters. The molecule has 1 rings (SSSR count). The molecular formula is C13H21NO. The predicted octanol–water partition coefficient (Wildman–Crippen LogP) is 2.63. The van der Waals surface area contributed by atoms with Crippen molar-refractivity contribution in [3.63, 3.8) is 0 Å². The summed E-state index contributed by atoms with van der Waals surface area (Å²) in [6.07, 6.45) is 0. The third-order valence-electron chi connectivity index (χ3n) is 2.69. The van der Waals surface area contributed by atoms with Crippen molar-refractivity contribution in [1.29, 1.82) is 0 Å². The Morgan fingerprint density at radius 3 is 2.47 bits per heavy atom. The van der Waals surface area contributed by atoms with Crippen molar-refractivity contribution >= 4 is 0 Å². The van der Waals surface area contributed by atoms with Gasteiger partial charge in [-0.1, -0.05) is 38.1 Å². The molecule has 0 aliphatic rings. The lowest BCUT2D eigenvalue weighted by Gasteiger charge is -2.28. The first-order chi connectivity index (χ1) is 6.99. The monoisotopic (exact) mass is 207 g/mol. The lowest BCUT2D eigenvalue weighted by molar-refractivity contribution is 0.146. The molecular weight excluding hydrogens is 186 g/mol. The molecule has 0 heterocycles. The van der Waals surface area contributed by atoms with Gasteiger partial charge in [0.05, 0.1) is 6.61 Å². The van der Waals surface area contributed by atoms with Crippen LogP contribution in [0, 0.1) is 0 Å². The van der Waals surface area contributed by atoms with Crippen LogP contribution in [0.25, 0.3) is 0 Å². The molecule has 0 amide bonds. The second-order valence-electron chi connectivity index (χ2n) is 4.69. The molecule has 2 nitrogen and oxygen atoms in total. The molecule has 1 aromatic rings. The van der Waals surface area contributed by atoms with E-state index in [0.717, 1.165) is 0 Å². The first-order valence-electron chi connectivity index (χ1n) is 5.33. The predicted molar refractivity (Wildman–Crippen MR) is 63.9 cm³/mol. The number of nitrogens with two attached hydrogens (primary N) is 1. The molecule has 84 valence electrons. The molecule has 1 aromatic carbocycles. The van der Waals surface area contributed by atoms with Gasteiger partial charge >= 0.3 is 0 Å². The van der Waals surface area contributed by atoms with E-state index in [1.54, 1.807) is 7.11 Å². The smallest absolute Gasteiger partial charge is 0.0553 e. The van der Waals surface area contributed by atoms with Gasteiger partial charge < -0.3 is 10.5 Å². The fourth-order valence-electron chi connectivity index (χ4n) is 1.95. The highest BCUT2D eigenvalue weighted by Crippen LogP contribution is 2.29. The van der Waals surface area contributed by atoms with Crippen LogP contribution in [0.1, 0.15) is 37.9 Å². The number of hydrogen-bond donors (Lipinski definition) is 1. The van der Waals surface area contributed by atoms with Crippen LogP contribution >= 0.6 is 0 Å². The molecule has 0 saturated heterocycles. The Labute approximate surface area is 92.4 Å². The van der Waals surface area contributed by atoms with E-state index >= 15 is 0 Å². The van der Waals surface area contributed by atoms with Crippen LogP contribution < -0.4 is 5.73 Å². The van der Waals surface area contributed by atoms with Gasteiger partial charge in [-0.05, 0) is 18.1 Å². The zero-order chi connectivity index (χ0) is 11.5. The highest BCUT2D eigenvalue weighted by molar-refractivity contribution is 5.35. The standard InChI is InChI=1S/C13H21NO/c1-10(14)11-7-5-6-8-12(11)13(2,3)9-15-4/h5-8,10H,9,14H2,1-4H3. The maximum Gasteiger partial charge on any atom is 0.0553 e. The Balaban J connectivity index is 3.12. The van der Waals surface area contributed by atoms with Crippen molar-refractivity contribution in [2.45, 2.75) is 32.2 Å². The lowest BCUT2D eigenvalue weighted by Crippen LogP contribution is -2.26. The molecule has 0 aliphatic carbocycles. The van der Waals surface area contributed by atoms with Crippen molar-refractivity contribution in [3.8, 4) is 0 Å². The van der Waals surface area contributed by atoms with E-state index in [2.05, 4.69) is 32.0 Å². The van der Waals surface area contributed by atoms with E-state index in [9.17, 15) is 0 Å².